The van der Waals surface area contributed by atoms with Gasteiger partial charge >= 0.3 is 0 Å². The molecule has 1 rings (SSSR count). The lowest BCUT2D eigenvalue weighted by Crippen LogP contribution is -2.18. The standard InChI is InChI=1S/C10H17N3S/c1-10(2,3)9-12-7(6-11)5-8(13-9)14-4/h5H,6,11H2,1-4H3. The van der Waals surface area contributed by atoms with Crippen molar-refractivity contribution in [3.05, 3.63) is 17.6 Å². The Morgan fingerprint density at radius 1 is 1.36 bits per heavy atom. The van der Waals surface area contributed by atoms with Crippen LogP contribution in [0.3, 0.4) is 0 Å². The summed E-state index contributed by atoms with van der Waals surface area (Å²) in [5.41, 5.74) is 6.48. The molecule has 1 heterocycles. The molecule has 0 aliphatic rings. The average Bonchev–Trinajstić information content (AvgIpc) is 2.15. The molecular formula is C10H17N3S. The van der Waals surface area contributed by atoms with Gasteiger partial charge in [0.15, 0.2) is 0 Å². The van der Waals surface area contributed by atoms with Crippen molar-refractivity contribution in [2.75, 3.05) is 6.26 Å². The van der Waals surface area contributed by atoms with Crippen molar-refractivity contribution >= 4 is 11.8 Å². The summed E-state index contributed by atoms with van der Waals surface area (Å²) in [6.07, 6.45) is 2.01. The lowest BCUT2D eigenvalue weighted by atomic mass is 9.96. The molecule has 0 bridgehead atoms. The molecule has 0 fully saturated rings. The summed E-state index contributed by atoms with van der Waals surface area (Å²) in [4.78, 5) is 8.89. The molecule has 0 saturated carbocycles. The smallest absolute Gasteiger partial charge is 0.135 e. The zero-order chi connectivity index (χ0) is 10.8. The van der Waals surface area contributed by atoms with E-state index < -0.39 is 0 Å². The number of rotatable bonds is 2. The number of hydrogen-bond donors (Lipinski definition) is 1. The summed E-state index contributed by atoms with van der Waals surface area (Å²) in [5.74, 6) is 0.866. The molecule has 0 unspecified atom stereocenters. The second kappa shape index (κ2) is 4.28. The Morgan fingerprint density at radius 3 is 2.43 bits per heavy atom. The van der Waals surface area contributed by atoms with Crippen LogP contribution in [0.5, 0.6) is 0 Å². The van der Waals surface area contributed by atoms with Gasteiger partial charge in [0.2, 0.25) is 0 Å². The fourth-order valence-corrected chi connectivity index (χ4v) is 1.45. The second-order valence-electron chi connectivity index (χ2n) is 4.18. The molecule has 1 aromatic rings. The zero-order valence-corrected chi connectivity index (χ0v) is 9.98. The van der Waals surface area contributed by atoms with E-state index in [1.807, 2.05) is 12.3 Å². The highest BCUT2D eigenvalue weighted by Crippen LogP contribution is 2.21. The fraction of sp³-hybridized carbons (Fsp3) is 0.600. The van der Waals surface area contributed by atoms with E-state index in [0.717, 1.165) is 16.5 Å². The van der Waals surface area contributed by atoms with Crippen LogP contribution in [0.15, 0.2) is 11.1 Å². The van der Waals surface area contributed by atoms with Gasteiger partial charge in [-0.3, -0.25) is 0 Å². The maximum absolute atomic E-state index is 5.59. The van der Waals surface area contributed by atoms with Crippen LogP contribution in [0.25, 0.3) is 0 Å². The maximum Gasteiger partial charge on any atom is 0.135 e. The Hall–Kier alpha value is -0.610. The zero-order valence-electron chi connectivity index (χ0n) is 9.16. The van der Waals surface area contributed by atoms with Crippen molar-refractivity contribution in [2.45, 2.75) is 37.8 Å². The lowest BCUT2D eigenvalue weighted by molar-refractivity contribution is 0.534. The molecule has 0 aliphatic heterocycles. The SMILES string of the molecule is CSc1cc(CN)nc(C(C)(C)C)n1. The first-order valence-electron chi connectivity index (χ1n) is 4.60. The topological polar surface area (TPSA) is 51.8 Å². The lowest BCUT2D eigenvalue weighted by Gasteiger charge is -2.17. The van der Waals surface area contributed by atoms with Crippen LogP contribution < -0.4 is 5.73 Å². The molecule has 0 saturated heterocycles. The molecule has 0 aromatic carbocycles. The van der Waals surface area contributed by atoms with Gasteiger partial charge in [-0.2, -0.15) is 0 Å². The van der Waals surface area contributed by atoms with Gasteiger partial charge in [0.05, 0.1) is 10.7 Å². The Labute approximate surface area is 89.5 Å². The maximum atomic E-state index is 5.59. The molecule has 0 atom stereocenters. The number of hydrogen-bond acceptors (Lipinski definition) is 4. The molecule has 2 N–H and O–H groups in total. The summed E-state index contributed by atoms with van der Waals surface area (Å²) >= 11 is 1.62. The first kappa shape index (κ1) is 11.5. The van der Waals surface area contributed by atoms with Crippen molar-refractivity contribution in [1.29, 1.82) is 0 Å². The van der Waals surface area contributed by atoms with E-state index in [1.165, 1.54) is 0 Å². The highest BCUT2D eigenvalue weighted by Gasteiger charge is 2.18. The summed E-state index contributed by atoms with van der Waals surface area (Å²) < 4.78 is 0. The van der Waals surface area contributed by atoms with Crippen molar-refractivity contribution in [1.82, 2.24) is 9.97 Å². The summed E-state index contributed by atoms with van der Waals surface area (Å²) in [5, 5.41) is 0.991. The molecule has 0 aliphatic carbocycles. The Bertz CT molecular complexity index is 295. The first-order valence-corrected chi connectivity index (χ1v) is 5.82. The van der Waals surface area contributed by atoms with E-state index in [2.05, 4.69) is 30.7 Å². The predicted molar refractivity (Wildman–Crippen MR) is 60.4 cm³/mol. The number of thioether (sulfide) groups is 1. The van der Waals surface area contributed by atoms with Crippen LogP contribution in [0.1, 0.15) is 32.3 Å². The minimum Gasteiger partial charge on any atom is -0.325 e. The van der Waals surface area contributed by atoms with E-state index in [1.54, 1.807) is 11.8 Å². The van der Waals surface area contributed by atoms with E-state index in [4.69, 9.17) is 5.73 Å². The molecule has 0 spiro atoms. The number of aromatic nitrogens is 2. The minimum absolute atomic E-state index is 0.0182. The molecule has 3 nitrogen and oxygen atoms in total. The van der Waals surface area contributed by atoms with Crippen LogP contribution in [0.2, 0.25) is 0 Å². The van der Waals surface area contributed by atoms with Crippen molar-refractivity contribution < 1.29 is 0 Å². The highest BCUT2D eigenvalue weighted by atomic mass is 32.2. The van der Waals surface area contributed by atoms with E-state index in [-0.39, 0.29) is 5.41 Å². The van der Waals surface area contributed by atoms with Gasteiger partial charge < -0.3 is 5.73 Å². The van der Waals surface area contributed by atoms with Crippen LogP contribution >= 0.6 is 11.8 Å². The molecule has 0 amide bonds. The normalized spacial score (nSPS) is 11.8. The third-order valence-corrected chi connectivity index (χ3v) is 2.47. The van der Waals surface area contributed by atoms with Gasteiger partial charge in [0, 0.05) is 12.0 Å². The van der Waals surface area contributed by atoms with Crippen LogP contribution in [0.4, 0.5) is 0 Å². The third-order valence-electron chi connectivity index (χ3n) is 1.84. The Morgan fingerprint density at radius 2 is 2.00 bits per heavy atom. The molecule has 1 aromatic heterocycles. The van der Waals surface area contributed by atoms with Crippen LogP contribution in [0, 0.1) is 0 Å². The molecular weight excluding hydrogens is 194 g/mol. The Kier molecular flexibility index (Phi) is 3.50. The summed E-state index contributed by atoms with van der Waals surface area (Å²) in [6.45, 7) is 6.78. The fourth-order valence-electron chi connectivity index (χ4n) is 1.02. The van der Waals surface area contributed by atoms with E-state index >= 15 is 0 Å². The minimum atomic E-state index is -0.0182. The predicted octanol–water partition coefficient (Wildman–Crippen LogP) is 1.95. The van der Waals surface area contributed by atoms with E-state index in [0.29, 0.717) is 6.54 Å². The van der Waals surface area contributed by atoms with Gasteiger partial charge in [0.1, 0.15) is 5.82 Å². The van der Waals surface area contributed by atoms with Gasteiger partial charge in [0.25, 0.3) is 0 Å². The van der Waals surface area contributed by atoms with Gasteiger partial charge in [-0.15, -0.1) is 11.8 Å². The van der Waals surface area contributed by atoms with E-state index in [9.17, 15) is 0 Å². The van der Waals surface area contributed by atoms with Crippen molar-refractivity contribution in [2.24, 2.45) is 5.73 Å². The van der Waals surface area contributed by atoms with Gasteiger partial charge in [-0.05, 0) is 12.3 Å². The number of nitrogens with two attached hydrogens (primary N) is 1. The summed E-state index contributed by atoms with van der Waals surface area (Å²) in [7, 11) is 0. The van der Waals surface area contributed by atoms with Crippen molar-refractivity contribution in [3.8, 4) is 0 Å². The van der Waals surface area contributed by atoms with Gasteiger partial charge in [-0.1, -0.05) is 20.8 Å². The highest BCUT2D eigenvalue weighted by molar-refractivity contribution is 7.98. The second-order valence-corrected chi connectivity index (χ2v) is 5.01. The average molecular weight is 211 g/mol. The molecule has 14 heavy (non-hydrogen) atoms. The number of nitrogens with zero attached hydrogens (tertiary/aromatic N) is 2. The summed E-state index contributed by atoms with van der Waals surface area (Å²) in [6, 6.07) is 1.94. The van der Waals surface area contributed by atoms with Crippen LogP contribution in [-0.2, 0) is 12.0 Å². The van der Waals surface area contributed by atoms with Crippen molar-refractivity contribution in [3.63, 3.8) is 0 Å². The molecule has 78 valence electrons. The molecule has 4 heteroatoms. The third kappa shape index (κ3) is 2.69. The van der Waals surface area contributed by atoms with Crippen LogP contribution in [-0.4, -0.2) is 16.2 Å². The Balaban J connectivity index is 3.17. The quantitative estimate of drug-likeness (QED) is 0.600. The largest absolute Gasteiger partial charge is 0.325 e. The molecule has 0 radical (unpaired) electrons. The monoisotopic (exact) mass is 211 g/mol. The first-order chi connectivity index (χ1) is 6.47. The van der Waals surface area contributed by atoms with Gasteiger partial charge in [-0.25, -0.2) is 9.97 Å².